The summed E-state index contributed by atoms with van der Waals surface area (Å²) >= 11 is 0. The van der Waals surface area contributed by atoms with E-state index in [2.05, 4.69) is 50.1 Å². The smallest absolute Gasteiger partial charge is 0.213 e. The minimum Gasteiger partial charge on any atom is -0.477 e. The van der Waals surface area contributed by atoms with Crippen LogP contribution < -0.4 is 10.1 Å². The Morgan fingerprint density at radius 1 is 1.26 bits per heavy atom. The zero-order chi connectivity index (χ0) is 13.8. The van der Waals surface area contributed by atoms with Gasteiger partial charge in [0.25, 0.3) is 0 Å². The number of nitrogens with zero attached hydrogens (tertiary/aromatic N) is 1. The van der Waals surface area contributed by atoms with Crippen LogP contribution in [0.15, 0.2) is 12.1 Å². The predicted molar refractivity (Wildman–Crippen MR) is 78.5 cm³/mol. The molecule has 2 rings (SSSR count). The van der Waals surface area contributed by atoms with Crippen molar-refractivity contribution in [2.75, 3.05) is 6.61 Å². The van der Waals surface area contributed by atoms with Gasteiger partial charge >= 0.3 is 0 Å². The first-order valence-electron chi connectivity index (χ1n) is 7.41. The summed E-state index contributed by atoms with van der Waals surface area (Å²) in [5.41, 5.74) is 2.40. The molecule has 0 unspecified atom stereocenters. The zero-order valence-electron chi connectivity index (χ0n) is 12.6. The normalized spacial score (nSPS) is 15.3. The van der Waals surface area contributed by atoms with Gasteiger partial charge in [0.2, 0.25) is 5.88 Å². The van der Waals surface area contributed by atoms with Crippen molar-refractivity contribution in [3.63, 3.8) is 0 Å². The van der Waals surface area contributed by atoms with Gasteiger partial charge in [-0.1, -0.05) is 27.7 Å². The molecule has 1 aromatic rings. The Bertz CT molecular complexity index is 387. The van der Waals surface area contributed by atoms with Crippen LogP contribution in [-0.4, -0.2) is 17.6 Å². The fraction of sp³-hybridized carbons (Fsp3) is 0.688. The van der Waals surface area contributed by atoms with Crippen LogP contribution in [0.25, 0.3) is 0 Å². The van der Waals surface area contributed by atoms with Gasteiger partial charge in [-0.3, -0.25) is 0 Å². The quantitative estimate of drug-likeness (QED) is 0.816. The van der Waals surface area contributed by atoms with Crippen LogP contribution >= 0.6 is 0 Å². The van der Waals surface area contributed by atoms with Crippen molar-refractivity contribution in [1.29, 1.82) is 0 Å². The molecule has 3 nitrogen and oxygen atoms in total. The average Bonchev–Trinajstić information content (AvgIpc) is 3.17. The molecule has 0 spiro atoms. The van der Waals surface area contributed by atoms with Crippen molar-refractivity contribution in [2.24, 2.45) is 5.92 Å². The summed E-state index contributed by atoms with van der Waals surface area (Å²) in [6, 6.07) is 5.00. The van der Waals surface area contributed by atoms with Gasteiger partial charge in [-0.25, -0.2) is 4.98 Å². The van der Waals surface area contributed by atoms with Gasteiger partial charge in [0.1, 0.15) is 0 Å². The van der Waals surface area contributed by atoms with Crippen LogP contribution in [0.2, 0.25) is 0 Å². The molecule has 3 heteroatoms. The lowest BCUT2D eigenvalue weighted by atomic mass is 10.1. The van der Waals surface area contributed by atoms with E-state index in [1.807, 2.05) is 0 Å². The minimum absolute atomic E-state index is 0.433. The minimum atomic E-state index is 0.433. The molecule has 0 atom stereocenters. The first-order valence-corrected chi connectivity index (χ1v) is 7.41. The highest BCUT2D eigenvalue weighted by Gasteiger charge is 2.20. The Hall–Kier alpha value is -1.09. The topological polar surface area (TPSA) is 34.1 Å². The van der Waals surface area contributed by atoms with E-state index in [0.717, 1.165) is 30.8 Å². The number of rotatable bonds is 7. The Kier molecular flexibility index (Phi) is 4.81. The molecule has 1 heterocycles. The van der Waals surface area contributed by atoms with Crippen molar-refractivity contribution >= 4 is 0 Å². The molecule has 1 aliphatic carbocycles. The first kappa shape index (κ1) is 14.3. The number of hydrogen-bond donors (Lipinski definition) is 1. The summed E-state index contributed by atoms with van der Waals surface area (Å²) in [6.07, 6.45) is 2.64. The third kappa shape index (κ3) is 4.83. The summed E-state index contributed by atoms with van der Waals surface area (Å²) in [5, 5.41) is 3.55. The van der Waals surface area contributed by atoms with Gasteiger partial charge in [-0.2, -0.15) is 0 Å². The molecule has 0 saturated heterocycles. The fourth-order valence-corrected chi connectivity index (χ4v) is 1.86. The van der Waals surface area contributed by atoms with E-state index in [0.29, 0.717) is 11.8 Å². The van der Waals surface area contributed by atoms with Crippen molar-refractivity contribution in [3.8, 4) is 5.88 Å². The average molecular weight is 262 g/mol. The molecule has 1 saturated carbocycles. The number of pyridine rings is 1. The molecule has 1 aliphatic rings. The van der Waals surface area contributed by atoms with Crippen LogP contribution in [0.1, 0.15) is 57.7 Å². The number of ether oxygens (including phenoxy) is 1. The molecule has 0 amide bonds. The third-order valence-corrected chi connectivity index (χ3v) is 3.21. The lowest BCUT2D eigenvalue weighted by Gasteiger charge is -2.13. The Balaban J connectivity index is 2.06. The number of hydrogen-bond acceptors (Lipinski definition) is 3. The van der Waals surface area contributed by atoms with Crippen molar-refractivity contribution in [2.45, 2.75) is 59.0 Å². The molecule has 1 aromatic heterocycles. The summed E-state index contributed by atoms with van der Waals surface area (Å²) in [4.78, 5) is 4.60. The highest BCUT2D eigenvalue weighted by Crippen LogP contribution is 2.22. The molecular formula is C16H26N2O. The SMILES string of the molecule is CC(C)COc1cc(CNC2CC2)cc(C(C)C)n1. The second-order valence-electron chi connectivity index (χ2n) is 6.25. The van der Waals surface area contributed by atoms with E-state index in [-0.39, 0.29) is 0 Å². The predicted octanol–water partition coefficient (Wildman–Crippen LogP) is 3.49. The van der Waals surface area contributed by atoms with Gasteiger partial charge < -0.3 is 10.1 Å². The highest BCUT2D eigenvalue weighted by atomic mass is 16.5. The van der Waals surface area contributed by atoms with Gasteiger partial charge in [0.15, 0.2) is 0 Å². The summed E-state index contributed by atoms with van der Waals surface area (Å²) in [6.45, 7) is 10.3. The van der Waals surface area contributed by atoms with E-state index < -0.39 is 0 Å². The van der Waals surface area contributed by atoms with E-state index in [1.165, 1.54) is 18.4 Å². The van der Waals surface area contributed by atoms with Gasteiger partial charge in [0.05, 0.1) is 6.61 Å². The van der Waals surface area contributed by atoms with E-state index in [9.17, 15) is 0 Å². The van der Waals surface area contributed by atoms with E-state index in [1.54, 1.807) is 0 Å². The second-order valence-corrected chi connectivity index (χ2v) is 6.25. The van der Waals surface area contributed by atoms with E-state index >= 15 is 0 Å². The molecule has 106 valence electrons. The zero-order valence-corrected chi connectivity index (χ0v) is 12.6. The van der Waals surface area contributed by atoms with E-state index in [4.69, 9.17) is 4.74 Å². The van der Waals surface area contributed by atoms with Crippen molar-refractivity contribution in [1.82, 2.24) is 10.3 Å². The number of aromatic nitrogens is 1. The maximum absolute atomic E-state index is 5.78. The Morgan fingerprint density at radius 2 is 2.00 bits per heavy atom. The lowest BCUT2D eigenvalue weighted by molar-refractivity contribution is 0.260. The van der Waals surface area contributed by atoms with Crippen LogP contribution in [-0.2, 0) is 6.54 Å². The van der Waals surface area contributed by atoms with Gasteiger partial charge in [-0.05, 0) is 36.3 Å². The summed E-state index contributed by atoms with van der Waals surface area (Å²) < 4.78 is 5.78. The second kappa shape index (κ2) is 6.38. The van der Waals surface area contributed by atoms with Gasteiger partial charge in [-0.15, -0.1) is 0 Å². The van der Waals surface area contributed by atoms with Crippen LogP contribution in [0.4, 0.5) is 0 Å². The number of nitrogens with one attached hydrogen (secondary N) is 1. The molecule has 0 aliphatic heterocycles. The van der Waals surface area contributed by atoms with Crippen LogP contribution in [0, 0.1) is 5.92 Å². The standard InChI is InChI=1S/C16H26N2O/c1-11(2)10-19-16-8-13(9-17-14-5-6-14)7-15(18-16)12(3)4/h7-8,11-12,14,17H,5-6,9-10H2,1-4H3. The molecule has 1 fully saturated rings. The Labute approximate surface area is 116 Å². The molecule has 0 aromatic carbocycles. The maximum Gasteiger partial charge on any atom is 0.213 e. The molecule has 0 bridgehead atoms. The monoisotopic (exact) mass is 262 g/mol. The summed E-state index contributed by atoms with van der Waals surface area (Å²) in [7, 11) is 0. The summed E-state index contributed by atoms with van der Waals surface area (Å²) in [5.74, 6) is 1.73. The van der Waals surface area contributed by atoms with Crippen molar-refractivity contribution < 1.29 is 4.74 Å². The molecule has 1 N–H and O–H groups in total. The third-order valence-electron chi connectivity index (χ3n) is 3.21. The highest BCUT2D eigenvalue weighted by molar-refractivity contribution is 5.27. The fourth-order valence-electron chi connectivity index (χ4n) is 1.86. The van der Waals surface area contributed by atoms with Gasteiger partial charge in [0, 0.05) is 24.3 Å². The van der Waals surface area contributed by atoms with Crippen LogP contribution in [0.3, 0.4) is 0 Å². The Morgan fingerprint density at radius 3 is 2.58 bits per heavy atom. The van der Waals surface area contributed by atoms with Crippen LogP contribution in [0.5, 0.6) is 5.88 Å². The molecular weight excluding hydrogens is 236 g/mol. The molecule has 19 heavy (non-hydrogen) atoms. The molecule has 0 radical (unpaired) electrons. The largest absolute Gasteiger partial charge is 0.477 e. The van der Waals surface area contributed by atoms with Crippen molar-refractivity contribution in [3.05, 3.63) is 23.4 Å². The maximum atomic E-state index is 5.78. The first-order chi connectivity index (χ1) is 9.04. The lowest BCUT2D eigenvalue weighted by Crippen LogP contribution is -2.16.